The minimum atomic E-state index is -0.327. The normalized spacial score (nSPS) is 14.3. The Bertz CT molecular complexity index is 837. The molecule has 3 nitrogen and oxygen atoms in total. The van der Waals surface area contributed by atoms with Gasteiger partial charge in [-0.3, -0.25) is 14.5 Å². The van der Waals surface area contributed by atoms with Gasteiger partial charge in [0.1, 0.15) is 0 Å². The van der Waals surface area contributed by atoms with Crippen molar-refractivity contribution in [2.75, 3.05) is 0 Å². The van der Waals surface area contributed by atoms with Gasteiger partial charge >= 0.3 is 0 Å². The molecule has 3 aromatic carbocycles. The molecule has 0 fully saturated rings. The molecular weight excluding hydrogens is 250 g/mol. The summed E-state index contributed by atoms with van der Waals surface area (Å²) in [6.45, 7) is 0. The monoisotopic (exact) mass is 260 g/mol. The zero-order valence-corrected chi connectivity index (χ0v) is 10.6. The van der Waals surface area contributed by atoms with E-state index >= 15 is 0 Å². The van der Waals surface area contributed by atoms with Gasteiger partial charge in [-0.05, 0) is 21.5 Å². The Labute approximate surface area is 115 Å². The highest BCUT2D eigenvalue weighted by molar-refractivity contribution is 6.33. The van der Waals surface area contributed by atoms with Crippen LogP contribution in [0.15, 0.2) is 48.5 Å². The first-order chi connectivity index (χ1) is 9.70. The van der Waals surface area contributed by atoms with Gasteiger partial charge in [0.2, 0.25) is 0 Å². The molecule has 20 heavy (non-hydrogen) atoms. The van der Waals surface area contributed by atoms with Gasteiger partial charge in [-0.1, -0.05) is 48.5 Å². The van der Waals surface area contributed by atoms with E-state index in [9.17, 15) is 9.59 Å². The third-order valence-corrected chi connectivity index (χ3v) is 3.85. The predicted molar refractivity (Wildman–Crippen MR) is 77.3 cm³/mol. The standard InChI is InChI=1S/C17H10NO2/c1-18-16(19)14-12-8-4-2-6-10(12)11-7-3-5-9-13(11)15(14)17(18)20/h2-9H,1H2. The van der Waals surface area contributed by atoms with Gasteiger partial charge in [0.15, 0.2) is 0 Å². The van der Waals surface area contributed by atoms with E-state index < -0.39 is 0 Å². The minimum absolute atomic E-state index is 0.327. The number of imide groups is 1. The van der Waals surface area contributed by atoms with Crippen LogP contribution in [0, 0.1) is 7.05 Å². The van der Waals surface area contributed by atoms with Crippen LogP contribution in [0.3, 0.4) is 0 Å². The highest BCUT2D eigenvalue weighted by Gasteiger charge is 2.36. The molecule has 1 aliphatic heterocycles. The van der Waals surface area contributed by atoms with Gasteiger partial charge in [0.25, 0.3) is 11.8 Å². The summed E-state index contributed by atoms with van der Waals surface area (Å²) >= 11 is 0. The number of carbonyl (C=O) groups is 2. The molecular formula is C17H10NO2. The molecule has 0 spiro atoms. The van der Waals surface area contributed by atoms with Crippen LogP contribution >= 0.6 is 0 Å². The van der Waals surface area contributed by atoms with E-state index in [4.69, 9.17) is 0 Å². The molecule has 3 aromatic rings. The lowest BCUT2D eigenvalue weighted by Gasteiger charge is -2.08. The van der Waals surface area contributed by atoms with Crippen molar-refractivity contribution in [2.45, 2.75) is 0 Å². The van der Waals surface area contributed by atoms with Crippen LogP contribution in [0.5, 0.6) is 0 Å². The summed E-state index contributed by atoms with van der Waals surface area (Å²) in [5, 5.41) is 3.59. The molecule has 0 atom stereocenters. The predicted octanol–water partition coefficient (Wildman–Crippen LogP) is 3.38. The Morgan fingerprint density at radius 1 is 0.650 bits per heavy atom. The Morgan fingerprint density at radius 3 is 1.40 bits per heavy atom. The molecule has 0 saturated carbocycles. The lowest BCUT2D eigenvalue weighted by Crippen LogP contribution is -2.21. The fourth-order valence-corrected chi connectivity index (χ4v) is 2.95. The minimum Gasteiger partial charge on any atom is -0.272 e. The van der Waals surface area contributed by atoms with E-state index in [1.807, 2.05) is 48.5 Å². The molecule has 2 amide bonds. The molecule has 0 aliphatic carbocycles. The van der Waals surface area contributed by atoms with E-state index in [1.54, 1.807) is 0 Å². The number of hydrogen-bond donors (Lipinski definition) is 0. The van der Waals surface area contributed by atoms with Crippen molar-refractivity contribution >= 4 is 33.4 Å². The summed E-state index contributed by atoms with van der Waals surface area (Å²) in [6.07, 6.45) is 0. The summed E-state index contributed by atoms with van der Waals surface area (Å²) in [6, 6.07) is 15.3. The van der Waals surface area contributed by atoms with Crippen molar-refractivity contribution in [1.29, 1.82) is 0 Å². The lowest BCUT2D eigenvalue weighted by molar-refractivity contribution is 0.0718. The second-order valence-electron chi connectivity index (χ2n) is 4.88. The molecule has 0 aromatic heterocycles. The van der Waals surface area contributed by atoms with Crippen molar-refractivity contribution in [2.24, 2.45) is 0 Å². The van der Waals surface area contributed by atoms with Crippen molar-refractivity contribution in [3.63, 3.8) is 0 Å². The maximum absolute atomic E-state index is 12.3. The fraction of sp³-hybridized carbons (Fsp3) is 0. The summed E-state index contributed by atoms with van der Waals surface area (Å²) in [4.78, 5) is 25.6. The quantitative estimate of drug-likeness (QED) is 0.459. The fourth-order valence-electron chi connectivity index (χ4n) is 2.95. The van der Waals surface area contributed by atoms with Crippen LogP contribution < -0.4 is 0 Å². The highest BCUT2D eigenvalue weighted by Crippen LogP contribution is 2.37. The second-order valence-corrected chi connectivity index (χ2v) is 4.88. The van der Waals surface area contributed by atoms with E-state index in [1.165, 1.54) is 0 Å². The number of rotatable bonds is 0. The first kappa shape index (κ1) is 11.2. The van der Waals surface area contributed by atoms with Crippen LogP contribution in [0.4, 0.5) is 0 Å². The second kappa shape index (κ2) is 3.67. The van der Waals surface area contributed by atoms with Gasteiger partial charge in [-0.15, -0.1) is 0 Å². The summed E-state index contributed by atoms with van der Waals surface area (Å²) in [5.74, 6) is -0.654. The van der Waals surface area contributed by atoms with E-state index in [0.29, 0.717) is 11.1 Å². The van der Waals surface area contributed by atoms with Crippen molar-refractivity contribution in [3.05, 3.63) is 66.7 Å². The Kier molecular flexibility index (Phi) is 2.05. The molecule has 0 unspecified atom stereocenters. The van der Waals surface area contributed by atoms with Gasteiger partial charge in [-0.25, -0.2) is 0 Å². The zero-order valence-electron chi connectivity index (χ0n) is 10.6. The molecule has 1 heterocycles. The Balaban J connectivity index is 2.35. The first-order valence-electron chi connectivity index (χ1n) is 6.33. The number of fused-ring (bicyclic) bond motifs is 6. The Hall–Kier alpha value is -2.68. The number of benzene rings is 3. The van der Waals surface area contributed by atoms with Crippen LogP contribution in [-0.2, 0) is 0 Å². The van der Waals surface area contributed by atoms with Gasteiger partial charge in [-0.2, -0.15) is 0 Å². The third-order valence-electron chi connectivity index (χ3n) is 3.85. The van der Waals surface area contributed by atoms with Gasteiger partial charge in [0.05, 0.1) is 11.1 Å². The summed E-state index contributed by atoms with van der Waals surface area (Å²) in [7, 11) is 3.56. The van der Waals surface area contributed by atoms with Crippen LogP contribution in [0.1, 0.15) is 20.7 Å². The smallest absolute Gasteiger partial charge is 0.262 e. The molecule has 3 heteroatoms. The topological polar surface area (TPSA) is 37.4 Å². The molecule has 1 radical (unpaired) electrons. The van der Waals surface area contributed by atoms with Crippen molar-refractivity contribution in [3.8, 4) is 0 Å². The van der Waals surface area contributed by atoms with Crippen LogP contribution in [-0.4, -0.2) is 16.7 Å². The molecule has 0 bridgehead atoms. The van der Waals surface area contributed by atoms with Crippen molar-refractivity contribution in [1.82, 2.24) is 4.90 Å². The average Bonchev–Trinajstić information content (AvgIpc) is 2.73. The van der Waals surface area contributed by atoms with Crippen LogP contribution in [0.2, 0.25) is 0 Å². The number of amides is 2. The molecule has 0 saturated heterocycles. The number of nitrogens with zero attached hydrogens (tertiary/aromatic N) is 1. The van der Waals surface area contributed by atoms with E-state index in [2.05, 4.69) is 7.05 Å². The summed E-state index contributed by atoms with van der Waals surface area (Å²) in [5.41, 5.74) is 0.943. The van der Waals surface area contributed by atoms with Crippen LogP contribution in [0.25, 0.3) is 21.5 Å². The average molecular weight is 260 g/mol. The largest absolute Gasteiger partial charge is 0.272 e. The lowest BCUT2D eigenvalue weighted by atomic mass is 9.93. The molecule has 95 valence electrons. The summed E-state index contributed by atoms with van der Waals surface area (Å²) < 4.78 is 0. The Morgan fingerprint density at radius 2 is 1.00 bits per heavy atom. The first-order valence-corrected chi connectivity index (χ1v) is 6.33. The number of carbonyl (C=O) groups excluding carboxylic acids is 2. The number of hydrogen-bond acceptors (Lipinski definition) is 2. The maximum Gasteiger partial charge on any atom is 0.262 e. The van der Waals surface area contributed by atoms with Crippen molar-refractivity contribution < 1.29 is 9.59 Å². The molecule has 1 aliphatic rings. The maximum atomic E-state index is 12.3. The zero-order chi connectivity index (χ0) is 13.9. The molecule has 4 rings (SSSR count). The van der Waals surface area contributed by atoms with Gasteiger partial charge in [0, 0.05) is 7.05 Å². The third kappa shape index (κ3) is 1.19. The molecule has 0 N–H and O–H groups in total. The van der Waals surface area contributed by atoms with E-state index in [-0.39, 0.29) is 11.8 Å². The van der Waals surface area contributed by atoms with Gasteiger partial charge < -0.3 is 0 Å². The SMILES string of the molecule is [CH2]N1C(=O)c2c(c3ccccc3c3ccccc23)C1=O. The van der Waals surface area contributed by atoms with E-state index in [0.717, 1.165) is 26.4 Å². The highest BCUT2D eigenvalue weighted by atomic mass is 16.2.